The maximum absolute atomic E-state index is 11.5. The zero-order chi connectivity index (χ0) is 12.1. The third-order valence-electron chi connectivity index (χ3n) is 1.89. The minimum Gasteiger partial charge on any atom is -0.372 e. The lowest BCUT2D eigenvalue weighted by Gasteiger charge is -2.33. The molecular formula is C12H25NO2. The molecule has 0 aliphatic heterocycles. The molecule has 0 aliphatic rings. The van der Waals surface area contributed by atoms with Gasteiger partial charge in [-0.2, -0.15) is 0 Å². The standard InChI is InChI=1S/C12H25NO2/c1-7-15-8-10(14)13-12(5,6)9-11(2,3)4/h7-9H2,1-6H3,(H,13,14). The van der Waals surface area contributed by atoms with Crippen LogP contribution in [0.3, 0.4) is 0 Å². The van der Waals surface area contributed by atoms with Gasteiger partial charge in [0.25, 0.3) is 0 Å². The Bertz CT molecular complexity index is 204. The van der Waals surface area contributed by atoms with Gasteiger partial charge in [0.2, 0.25) is 5.91 Å². The first-order chi connectivity index (χ1) is 6.66. The van der Waals surface area contributed by atoms with Gasteiger partial charge in [-0.05, 0) is 32.6 Å². The fourth-order valence-corrected chi connectivity index (χ4v) is 1.98. The molecule has 0 spiro atoms. The third-order valence-corrected chi connectivity index (χ3v) is 1.89. The Hall–Kier alpha value is -0.570. The van der Waals surface area contributed by atoms with E-state index in [0.717, 1.165) is 6.42 Å². The molecule has 1 N–H and O–H groups in total. The summed E-state index contributed by atoms with van der Waals surface area (Å²) in [6, 6.07) is 0. The topological polar surface area (TPSA) is 38.3 Å². The van der Waals surface area contributed by atoms with Crippen LogP contribution in [0.15, 0.2) is 0 Å². The Morgan fingerprint density at radius 2 is 1.73 bits per heavy atom. The van der Waals surface area contributed by atoms with Crippen molar-refractivity contribution >= 4 is 5.91 Å². The van der Waals surface area contributed by atoms with E-state index in [9.17, 15) is 4.79 Å². The summed E-state index contributed by atoms with van der Waals surface area (Å²) in [7, 11) is 0. The smallest absolute Gasteiger partial charge is 0.246 e. The number of rotatable bonds is 5. The van der Waals surface area contributed by atoms with E-state index in [1.54, 1.807) is 0 Å². The first-order valence-corrected chi connectivity index (χ1v) is 5.55. The molecule has 0 aromatic heterocycles. The van der Waals surface area contributed by atoms with Crippen LogP contribution in [-0.4, -0.2) is 24.7 Å². The number of carbonyl (C=O) groups is 1. The second kappa shape index (κ2) is 5.50. The first-order valence-electron chi connectivity index (χ1n) is 5.55. The van der Waals surface area contributed by atoms with E-state index in [1.165, 1.54) is 0 Å². The molecule has 0 rings (SSSR count). The van der Waals surface area contributed by atoms with Crippen LogP contribution < -0.4 is 5.32 Å². The van der Waals surface area contributed by atoms with Gasteiger partial charge in [0, 0.05) is 12.1 Å². The van der Waals surface area contributed by atoms with Crippen molar-refractivity contribution < 1.29 is 9.53 Å². The largest absolute Gasteiger partial charge is 0.372 e. The molecule has 3 nitrogen and oxygen atoms in total. The fourth-order valence-electron chi connectivity index (χ4n) is 1.98. The van der Waals surface area contributed by atoms with Gasteiger partial charge < -0.3 is 10.1 Å². The van der Waals surface area contributed by atoms with Gasteiger partial charge >= 0.3 is 0 Å². The summed E-state index contributed by atoms with van der Waals surface area (Å²) >= 11 is 0. The molecule has 1 amide bonds. The molecule has 0 heterocycles. The van der Waals surface area contributed by atoms with Crippen molar-refractivity contribution in [2.45, 2.75) is 53.5 Å². The minimum atomic E-state index is -0.174. The summed E-state index contributed by atoms with van der Waals surface area (Å²) in [6.07, 6.45) is 0.942. The molecule has 0 atom stereocenters. The number of amides is 1. The summed E-state index contributed by atoms with van der Waals surface area (Å²) in [5, 5.41) is 2.98. The van der Waals surface area contributed by atoms with Crippen LogP contribution >= 0.6 is 0 Å². The fraction of sp³-hybridized carbons (Fsp3) is 0.917. The maximum atomic E-state index is 11.5. The Labute approximate surface area is 93.6 Å². The van der Waals surface area contributed by atoms with E-state index < -0.39 is 0 Å². The van der Waals surface area contributed by atoms with E-state index in [4.69, 9.17) is 4.74 Å². The van der Waals surface area contributed by atoms with Crippen molar-refractivity contribution in [1.29, 1.82) is 0 Å². The highest BCUT2D eigenvalue weighted by Crippen LogP contribution is 2.26. The van der Waals surface area contributed by atoms with Gasteiger partial charge in [0.05, 0.1) is 0 Å². The maximum Gasteiger partial charge on any atom is 0.246 e. The molecule has 0 fully saturated rings. The molecule has 3 heteroatoms. The van der Waals surface area contributed by atoms with Gasteiger partial charge in [0.15, 0.2) is 0 Å². The van der Waals surface area contributed by atoms with Crippen LogP contribution in [0.5, 0.6) is 0 Å². The highest BCUT2D eigenvalue weighted by atomic mass is 16.5. The van der Waals surface area contributed by atoms with Crippen molar-refractivity contribution in [2.24, 2.45) is 5.41 Å². The van der Waals surface area contributed by atoms with Crippen LogP contribution in [0.25, 0.3) is 0 Å². The Balaban J connectivity index is 4.07. The molecule has 0 bridgehead atoms. The van der Waals surface area contributed by atoms with E-state index in [1.807, 2.05) is 20.8 Å². The molecule has 15 heavy (non-hydrogen) atoms. The van der Waals surface area contributed by atoms with Gasteiger partial charge in [-0.25, -0.2) is 0 Å². The van der Waals surface area contributed by atoms with Crippen LogP contribution in [0.2, 0.25) is 0 Å². The van der Waals surface area contributed by atoms with Crippen LogP contribution in [-0.2, 0) is 9.53 Å². The van der Waals surface area contributed by atoms with Crippen LogP contribution in [0.4, 0.5) is 0 Å². The first kappa shape index (κ1) is 14.4. The molecule has 0 aromatic rings. The van der Waals surface area contributed by atoms with Crippen LogP contribution in [0, 0.1) is 5.41 Å². The molecule has 0 unspecified atom stereocenters. The van der Waals surface area contributed by atoms with E-state index in [-0.39, 0.29) is 23.5 Å². The van der Waals surface area contributed by atoms with Crippen molar-refractivity contribution in [3.05, 3.63) is 0 Å². The van der Waals surface area contributed by atoms with E-state index in [0.29, 0.717) is 6.61 Å². The molecule has 0 saturated carbocycles. The highest BCUT2D eigenvalue weighted by molar-refractivity contribution is 5.77. The average Bonchev–Trinajstić information content (AvgIpc) is 1.94. The number of hydrogen-bond acceptors (Lipinski definition) is 2. The number of nitrogens with one attached hydrogen (secondary N) is 1. The van der Waals surface area contributed by atoms with Crippen molar-refractivity contribution in [1.82, 2.24) is 5.32 Å². The number of ether oxygens (including phenoxy) is 1. The lowest BCUT2D eigenvalue weighted by atomic mass is 9.82. The second-order valence-electron chi connectivity index (χ2n) is 5.81. The number of hydrogen-bond donors (Lipinski definition) is 1. The summed E-state index contributed by atoms with van der Waals surface area (Å²) in [6.45, 7) is 13.2. The van der Waals surface area contributed by atoms with Crippen molar-refractivity contribution in [2.75, 3.05) is 13.2 Å². The van der Waals surface area contributed by atoms with Gasteiger partial charge in [-0.15, -0.1) is 0 Å². The summed E-state index contributed by atoms with van der Waals surface area (Å²) in [5.41, 5.74) is 0.0365. The summed E-state index contributed by atoms with van der Waals surface area (Å²) < 4.78 is 5.06. The van der Waals surface area contributed by atoms with Crippen LogP contribution in [0.1, 0.15) is 48.0 Å². The highest BCUT2D eigenvalue weighted by Gasteiger charge is 2.26. The van der Waals surface area contributed by atoms with Crippen molar-refractivity contribution in [3.8, 4) is 0 Å². The zero-order valence-electron chi connectivity index (χ0n) is 10.9. The Kier molecular flexibility index (Phi) is 5.29. The molecule has 0 aromatic carbocycles. The van der Waals surface area contributed by atoms with Crippen molar-refractivity contribution in [3.63, 3.8) is 0 Å². The number of carbonyl (C=O) groups excluding carboxylic acids is 1. The van der Waals surface area contributed by atoms with Gasteiger partial charge in [-0.3, -0.25) is 4.79 Å². The predicted molar refractivity (Wildman–Crippen MR) is 62.8 cm³/mol. The molecule has 0 saturated heterocycles. The minimum absolute atomic E-state index is 0.0360. The predicted octanol–water partition coefficient (Wildman–Crippen LogP) is 2.35. The lowest BCUT2D eigenvalue weighted by Crippen LogP contribution is -2.47. The van der Waals surface area contributed by atoms with Gasteiger partial charge in [-0.1, -0.05) is 20.8 Å². The van der Waals surface area contributed by atoms with Gasteiger partial charge in [0.1, 0.15) is 6.61 Å². The molecule has 0 radical (unpaired) electrons. The van der Waals surface area contributed by atoms with E-state index in [2.05, 4.69) is 26.1 Å². The SMILES string of the molecule is CCOCC(=O)NC(C)(C)CC(C)(C)C. The monoisotopic (exact) mass is 215 g/mol. The Morgan fingerprint density at radius 1 is 1.20 bits per heavy atom. The zero-order valence-corrected chi connectivity index (χ0v) is 10.9. The lowest BCUT2D eigenvalue weighted by molar-refractivity contribution is -0.127. The molecule has 0 aliphatic carbocycles. The summed E-state index contributed by atoms with van der Waals surface area (Å²) in [5.74, 6) is -0.0360. The second-order valence-corrected chi connectivity index (χ2v) is 5.81. The average molecular weight is 215 g/mol. The quantitative estimate of drug-likeness (QED) is 0.764. The summed E-state index contributed by atoms with van der Waals surface area (Å²) in [4.78, 5) is 11.5. The Morgan fingerprint density at radius 3 is 2.13 bits per heavy atom. The normalized spacial score (nSPS) is 12.7. The molecular weight excluding hydrogens is 190 g/mol. The third kappa shape index (κ3) is 8.43. The molecule has 90 valence electrons. The van der Waals surface area contributed by atoms with E-state index >= 15 is 0 Å².